The number of nitrogens with one attached hydrogen (secondary N) is 1. The van der Waals surface area contributed by atoms with Gasteiger partial charge in [-0.05, 0) is 98.5 Å². The molecule has 3 heterocycles. The number of para-hydroxylation sites is 2. The highest BCUT2D eigenvalue weighted by atomic mass is 19.1. The summed E-state index contributed by atoms with van der Waals surface area (Å²) < 4.78 is 15.3. The summed E-state index contributed by atoms with van der Waals surface area (Å²) >= 11 is 0. The number of nitrogens with zero attached hydrogens (tertiary/aromatic N) is 2. The second kappa shape index (κ2) is 14.1. The molecule has 0 saturated heterocycles. The van der Waals surface area contributed by atoms with E-state index in [1.165, 1.54) is 12.3 Å². The second-order valence-corrected chi connectivity index (χ2v) is 12.3. The van der Waals surface area contributed by atoms with E-state index in [4.69, 9.17) is 0 Å². The van der Waals surface area contributed by atoms with Gasteiger partial charge in [0.1, 0.15) is 0 Å². The van der Waals surface area contributed by atoms with Gasteiger partial charge in [0, 0.05) is 39.8 Å². The zero-order valence-corrected chi connectivity index (χ0v) is 28.1. The molecule has 8 heteroatoms. The number of ketones is 2. The summed E-state index contributed by atoms with van der Waals surface area (Å²) in [6.07, 6.45) is 3.05. The molecule has 0 fully saturated rings. The van der Waals surface area contributed by atoms with E-state index in [0.29, 0.717) is 33.1 Å². The molecule has 0 radical (unpaired) electrons. The number of aromatic amines is 1. The molecule has 0 spiro atoms. The van der Waals surface area contributed by atoms with E-state index in [-0.39, 0.29) is 40.1 Å². The van der Waals surface area contributed by atoms with Gasteiger partial charge in [-0.25, -0.2) is 4.98 Å². The van der Waals surface area contributed by atoms with E-state index in [1.807, 2.05) is 64.1 Å². The quantitative estimate of drug-likeness (QED) is 0.145. The second-order valence-electron chi connectivity index (χ2n) is 12.3. The number of benzene rings is 4. The summed E-state index contributed by atoms with van der Waals surface area (Å²) in [5.41, 5.74) is 6.87. The molecule has 0 aliphatic carbocycles. The van der Waals surface area contributed by atoms with E-state index in [0.717, 1.165) is 27.8 Å². The van der Waals surface area contributed by atoms with Gasteiger partial charge in [0.2, 0.25) is 16.8 Å². The first kappa shape index (κ1) is 33.6. The molecule has 248 valence electrons. The smallest absolute Gasteiger partial charge is 0.213 e. The van der Waals surface area contributed by atoms with Crippen LogP contribution in [-0.4, -0.2) is 26.1 Å². The highest BCUT2D eigenvalue weighted by Gasteiger charge is 2.18. The molecule has 4 aromatic carbocycles. The normalized spacial score (nSPS) is 10.9. The lowest BCUT2D eigenvalue weighted by molar-refractivity contribution is 0.102. The van der Waals surface area contributed by atoms with Crippen molar-refractivity contribution in [2.75, 3.05) is 0 Å². The molecule has 0 amide bonds. The van der Waals surface area contributed by atoms with Crippen molar-refractivity contribution in [1.82, 2.24) is 14.5 Å². The molecule has 0 bridgehead atoms. The third-order valence-corrected chi connectivity index (χ3v) is 8.91. The Hall–Kier alpha value is -6.28. The molecule has 3 aromatic heterocycles. The standard InChI is InChI=1S/C24H19FN2O2.C18H15NO2/c1-15-10-11-17(12-16(15)2)23(28)20-14-27(13-18-6-5-9-22(25)26-18)21-8-4-3-7-19(21)24(20)29;1-11-7-8-13(9-12(11)2)17(20)15-10-19-16-6-4-3-5-14(16)18(15)21/h3-12,14H,13H2,1-2H3;3-10H,1-2H3,(H,19,21). The van der Waals surface area contributed by atoms with Crippen molar-refractivity contribution in [2.45, 2.75) is 34.2 Å². The molecule has 0 aliphatic heterocycles. The molecule has 50 heavy (non-hydrogen) atoms. The van der Waals surface area contributed by atoms with Gasteiger partial charge in [0.15, 0.2) is 11.6 Å². The van der Waals surface area contributed by atoms with Crippen LogP contribution in [0.5, 0.6) is 0 Å². The maximum atomic E-state index is 13.5. The summed E-state index contributed by atoms with van der Waals surface area (Å²) in [6, 6.07) is 29.7. The lowest BCUT2D eigenvalue weighted by Gasteiger charge is -2.13. The number of hydrogen-bond donors (Lipinski definition) is 1. The lowest BCUT2D eigenvalue weighted by atomic mass is 9.99. The number of aromatic nitrogens is 3. The number of rotatable bonds is 6. The van der Waals surface area contributed by atoms with Crippen LogP contribution >= 0.6 is 0 Å². The first-order chi connectivity index (χ1) is 24.0. The fourth-order valence-electron chi connectivity index (χ4n) is 5.76. The fraction of sp³-hybridized carbons (Fsp3) is 0.119. The van der Waals surface area contributed by atoms with Crippen molar-refractivity contribution >= 4 is 33.4 Å². The highest BCUT2D eigenvalue weighted by molar-refractivity contribution is 6.11. The summed E-state index contributed by atoms with van der Waals surface area (Å²) in [6.45, 7) is 8.09. The third-order valence-electron chi connectivity index (χ3n) is 8.91. The van der Waals surface area contributed by atoms with Crippen molar-refractivity contribution in [3.63, 3.8) is 0 Å². The Bertz CT molecular complexity index is 2570. The molecule has 0 saturated carbocycles. The predicted octanol–water partition coefficient (Wildman–Crippen LogP) is 7.81. The van der Waals surface area contributed by atoms with E-state index >= 15 is 0 Å². The van der Waals surface area contributed by atoms with Crippen LogP contribution in [0.4, 0.5) is 4.39 Å². The fourth-order valence-corrected chi connectivity index (χ4v) is 5.76. The third kappa shape index (κ3) is 6.82. The van der Waals surface area contributed by atoms with Gasteiger partial charge in [-0.1, -0.05) is 54.6 Å². The average molecular weight is 664 g/mol. The van der Waals surface area contributed by atoms with Gasteiger partial charge in [0.25, 0.3) is 0 Å². The van der Waals surface area contributed by atoms with Gasteiger partial charge in [-0.3, -0.25) is 19.2 Å². The Morgan fingerprint density at radius 3 is 1.88 bits per heavy atom. The number of fused-ring (bicyclic) bond motifs is 2. The number of pyridine rings is 3. The van der Waals surface area contributed by atoms with Crippen LogP contribution in [0.2, 0.25) is 0 Å². The van der Waals surface area contributed by atoms with Crippen LogP contribution < -0.4 is 10.9 Å². The number of H-pyrrole nitrogens is 1. The van der Waals surface area contributed by atoms with Gasteiger partial charge >= 0.3 is 0 Å². The number of carbonyl (C=O) groups is 2. The van der Waals surface area contributed by atoms with Crippen LogP contribution in [0.3, 0.4) is 0 Å². The Kier molecular flexibility index (Phi) is 9.45. The molecular weight excluding hydrogens is 629 g/mol. The van der Waals surface area contributed by atoms with Gasteiger partial charge in [-0.2, -0.15) is 4.39 Å². The van der Waals surface area contributed by atoms with Crippen molar-refractivity contribution in [1.29, 1.82) is 0 Å². The molecule has 1 N–H and O–H groups in total. The van der Waals surface area contributed by atoms with Crippen molar-refractivity contribution in [3.05, 3.63) is 192 Å². The van der Waals surface area contributed by atoms with E-state index in [2.05, 4.69) is 9.97 Å². The maximum absolute atomic E-state index is 13.5. The SMILES string of the molecule is Cc1ccc(C(=O)c2c[nH]c3ccccc3c2=O)cc1C.Cc1ccc(C(=O)c2cn(Cc3cccc(F)n3)c3ccccc3c2=O)cc1C. The predicted molar refractivity (Wildman–Crippen MR) is 195 cm³/mol. The first-order valence-corrected chi connectivity index (χ1v) is 16.1. The Morgan fingerprint density at radius 1 is 0.660 bits per heavy atom. The van der Waals surface area contributed by atoms with Gasteiger partial charge in [-0.15, -0.1) is 0 Å². The minimum absolute atomic E-state index is 0.0864. The molecule has 7 nitrogen and oxygen atoms in total. The summed E-state index contributed by atoms with van der Waals surface area (Å²) in [5.74, 6) is -1.14. The lowest BCUT2D eigenvalue weighted by Crippen LogP contribution is -2.20. The summed E-state index contributed by atoms with van der Waals surface area (Å²) in [5, 5.41) is 0.978. The number of aryl methyl sites for hydroxylation is 4. The molecule has 0 unspecified atom stereocenters. The van der Waals surface area contributed by atoms with E-state index < -0.39 is 5.95 Å². The first-order valence-electron chi connectivity index (χ1n) is 16.1. The molecular formula is C42H34FN3O4. The monoisotopic (exact) mass is 663 g/mol. The summed E-state index contributed by atoms with van der Waals surface area (Å²) in [4.78, 5) is 58.1. The largest absolute Gasteiger partial charge is 0.360 e. The molecule has 7 aromatic rings. The minimum Gasteiger partial charge on any atom is -0.360 e. The zero-order valence-electron chi connectivity index (χ0n) is 28.1. The van der Waals surface area contributed by atoms with Crippen LogP contribution in [0, 0.1) is 33.6 Å². The highest BCUT2D eigenvalue weighted by Crippen LogP contribution is 2.18. The topological polar surface area (TPSA) is 102 Å². The average Bonchev–Trinajstić information content (AvgIpc) is 3.12. The maximum Gasteiger partial charge on any atom is 0.213 e. The van der Waals surface area contributed by atoms with Crippen LogP contribution in [0.1, 0.15) is 59.8 Å². The van der Waals surface area contributed by atoms with E-state index in [9.17, 15) is 23.6 Å². The minimum atomic E-state index is -0.570. The number of carbonyl (C=O) groups excluding carboxylic acids is 2. The van der Waals surface area contributed by atoms with Crippen molar-refractivity contribution in [3.8, 4) is 0 Å². The number of halogens is 1. The molecule has 7 rings (SSSR count). The zero-order chi connectivity index (χ0) is 35.5. The summed E-state index contributed by atoms with van der Waals surface area (Å²) in [7, 11) is 0. The van der Waals surface area contributed by atoms with Crippen LogP contribution in [-0.2, 0) is 6.54 Å². The van der Waals surface area contributed by atoms with Gasteiger partial charge < -0.3 is 9.55 Å². The van der Waals surface area contributed by atoms with E-state index in [1.54, 1.807) is 71.4 Å². The molecule has 0 atom stereocenters. The Labute approximate surface area is 287 Å². The number of hydrogen-bond acceptors (Lipinski definition) is 5. The Morgan fingerprint density at radius 2 is 1.24 bits per heavy atom. The van der Waals surface area contributed by atoms with Crippen molar-refractivity contribution < 1.29 is 14.0 Å². The van der Waals surface area contributed by atoms with Crippen molar-refractivity contribution in [2.24, 2.45) is 0 Å². The van der Waals surface area contributed by atoms with Gasteiger partial charge in [0.05, 0.1) is 28.9 Å². The molecule has 0 aliphatic rings. The van der Waals surface area contributed by atoms with Crippen LogP contribution in [0.25, 0.3) is 21.8 Å². The van der Waals surface area contributed by atoms with Crippen LogP contribution in [0.15, 0.2) is 125 Å². The Balaban J connectivity index is 0.000000182.